The van der Waals surface area contributed by atoms with Gasteiger partial charge in [0, 0.05) is 18.9 Å². The third kappa shape index (κ3) is 1.75. The fourth-order valence-corrected chi connectivity index (χ4v) is 1.17. The summed E-state index contributed by atoms with van der Waals surface area (Å²) < 4.78 is 1.97. The van der Waals surface area contributed by atoms with Crippen LogP contribution in [0.25, 0.3) is 0 Å². The first-order valence-electron chi connectivity index (χ1n) is 4.06. The van der Waals surface area contributed by atoms with Crippen molar-refractivity contribution in [2.45, 2.75) is 13.1 Å². The summed E-state index contributed by atoms with van der Waals surface area (Å²) in [5, 5.41) is 0. The number of rotatable bonds is 3. The van der Waals surface area contributed by atoms with E-state index >= 15 is 0 Å². The van der Waals surface area contributed by atoms with Gasteiger partial charge in [-0.1, -0.05) is 0 Å². The Hall–Kier alpha value is -1.62. The Labute approximate surface area is 75.6 Å². The molecule has 2 aromatic heterocycles. The molecule has 0 aromatic carbocycles. The molecule has 2 rings (SSSR count). The monoisotopic (exact) mass is 177 g/mol. The van der Waals surface area contributed by atoms with Gasteiger partial charge in [-0.25, -0.2) is 9.97 Å². The first-order chi connectivity index (χ1) is 6.38. The summed E-state index contributed by atoms with van der Waals surface area (Å²) in [4.78, 5) is 11.1. The number of hydrogen-bond donors (Lipinski definition) is 2. The van der Waals surface area contributed by atoms with Crippen LogP contribution < -0.4 is 5.73 Å². The van der Waals surface area contributed by atoms with Crippen molar-refractivity contribution >= 4 is 0 Å². The number of hydrogen-bond acceptors (Lipinski definition) is 3. The van der Waals surface area contributed by atoms with Crippen molar-refractivity contribution in [3.63, 3.8) is 0 Å². The second-order valence-corrected chi connectivity index (χ2v) is 2.82. The van der Waals surface area contributed by atoms with Crippen LogP contribution in [0.5, 0.6) is 0 Å². The topological polar surface area (TPSA) is 72.5 Å². The molecule has 2 heterocycles. The largest absolute Gasteiger partial charge is 0.347 e. The highest BCUT2D eigenvalue weighted by Crippen LogP contribution is 1.99. The van der Waals surface area contributed by atoms with Crippen LogP contribution in [0.2, 0.25) is 0 Å². The average molecular weight is 177 g/mol. The van der Waals surface area contributed by atoms with Crippen molar-refractivity contribution < 1.29 is 0 Å². The summed E-state index contributed by atoms with van der Waals surface area (Å²) in [7, 11) is 0. The zero-order valence-electron chi connectivity index (χ0n) is 7.14. The molecule has 0 radical (unpaired) electrons. The van der Waals surface area contributed by atoms with Crippen molar-refractivity contribution in [2.75, 3.05) is 0 Å². The van der Waals surface area contributed by atoms with Gasteiger partial charge in [-0.3, -0.25) is 0 Å². The molecule has 0 spiro atoms. The van der Waals surface area contributed by atoms with Gasteiger partial charge in [-0.15, -0.1) is 0 Å². The Balaban J connectivity index is 2.10. The number of aromatic amines is 1. The van der Waals surface area contributed by atoms with E-state index < -0.39 is 0 Å². The summed E-state index contributed by atoms with van der Waals surface area (Å²) in [6.07, 6.45) is 7.15. The van der Waals surface area contributed by atoms with Gasteiger partial charge in [0.1, 0.15) is 0 Å². The van der Waals surface area contributed by atoms with E-state index in [-0.39, 0.29) is 0 Å². The van der Waals surface area contributed by atoms with E-state index in [4.69, 9.17) is 5.73 Å². The maximum Gasteiger partial charge on any atom is 0.0953 e. The van der Waals surface area contributed by atoms with Crippen LogP contribution >= 0.6 is 0 Å². The van der Waals surface area contributed by atoms with Crippen LogP contribution in [0.1, 0.15) is 11.4 Å². The molecule has 0 aliphatic carbocycles. The quantitative estimate of drug-likeness (QED) is 0.699. The predicted molar refractivity (Wildman–Crippen MR) is 47.8 cm³/mol. The number of aromatic nitrogens is 4. The summed E-state index contributed by atoms with van der Waals surface area (Å²) >= 11 is 0. The molecule has 0 bridgehead atoms. The molecule has 13 heavy (non-hydrogen) atoms. The van der Waals surface area contributed by atoms with Crippen LogP contribution in [0.4, 0.5) is 0 Å². The summed E-state index contributed by atoms with van der Waals surface area (Å²) in [5.74, 6) is 0. The molecule has 0 fully saturated rings. The number of imidazole rings is 2. The number of nitrogens with two attached hydrogens (primary N) is 1. The molecular weight excluding hydrogens is 166 g/mol. The van der Waals surface area contributed by atoms with Crippen molar-refractivity contribution in [2.24, 2.45) is 5.73 Å². The molecule has 0 atom stereocenters. The Morgan fingerprint density at radius 1 is 1.54 bits per heavy atom. The van der Waals surface area contributed by atoms with Gasteiger partial charge in [-0.2, -0.15) is 0 Å². The van der Waals surface area contributed by atoms with Crippen molar-refractivity contribution in [1.82, 2.24) is 19.5 Å². The lowest BCUT2D eigenvalue weighted by atomic mass is 10.4. The minimum absolute atomic E-state index is 0.482. The third-order valence-electron chi connectivity index (χ3n) is 1.80. The molecule has 5 nitrogen and oxygen atoms in total. The lowest BCUT2D eigenvalue weighted by Gasteiger charge is -1.96. The lowest BCUT2D eigenvalue weighted by Crippen LogP contribution is -1.98. The van der Waals surface area contributed by atoms with Gasteiger partial charge in [0.05, 0.1) is 30.6 Å². The zero-order chi connectivity index (χ0) is 9.10. The fraction of sp³-hybridized carbons (Fsp3) is 0.250. The van der Waals surface area contributed by atoms with E-state index in [1.54, 1.807) is 18.9 Å². The molecule has 0 aliphatic rings. The van der Waals surface area contributed by atoms with E-state index in [2.05, 4.69) is 15.0 Å². The third-order valence-corrected chi connectivity index (χ3v) is 1.80. The molecule has 0 aliphatic heterocycles. The molecule has 0 saturated heterocycles. The van der Waals surface area contributed by atoms with Crippen molar-refractivity contribution in [3.05, 3.63) is 36.4 Å². The molecule has 0 unspecified atom stereocenters. The van der Waals surface area contributed by atoms with Crippen LogP contribution in [0.15, 0.2) is 25.0 Å². The highest BCUT2D eigenvalue weighted by Gasteiger charge is 1.98. The Morgan fingerprint density at radius 3 is 3.08 bits per heavy atom. The van der Waals surface area contributed by atoms with Gasteiger partial charge in [0.25, 0.3) is 0 Å². The first kappa shape index (κ1) is 8.00. The summed E-state index contributed by atoms with van der Waals surface area (Å²) in [5.41, 5.74) is 7.40. The Kier molecular flexibility index (Phi) is 2.09. The van der Waals surface area contributed by atoms with E-state index in [1.807, 2.05) is 10.8 Å². The van der Waals surface area contributed by atoms with Crippen LogP contribution in [-0.4, -0.2) is 19.5 Å². The molecular formula is C8H11N5. The molecule has 0 saturated carbocycles. The maximum absolute atomic E-state index is 5.44. The second-order valence-electron chi connectivity index (χ2n) is 2.82. The number of nitrogens with zero attached hydrogens (tertiary/aromatic N) is 3. The van der Waals surface area contributed by atoms with Gasteiger partial charge < -0.3 is 15.3 Å². The van der Waals surface area contributed by atoms with Gasteiger partial charge >= 0.3 is 0 Å². The molecule has 3 N–H and O–H groups in total. The first-order valence-corrected chi connectivity index (χ1v) is 4.06. The van der Waals surface area contributed by atoms with Crippen LogP contribution in [-0.2, 0) is 13.1 Å². The van der Waals surface area contributed by atoms with E-state index in [0.717, 1.165) is 17.9 Å². The maximum atomic E-state index is 5.44. The van der Waals surface area contributed by atoms with Gasteiger partial charge in [-0.05, 0) is 0 Å². The number of H-pyrrole nitrogens is 1. The lowest BCUT2D eigenvalue weighted by molar-refractivity contribution is 0.777. The molecule has 0 amide bonds. The standard InChI is InChI=1S/C8H11N5/c9-1-7-3-13(6-12-7)4-8-2-10-5-11-8/h2-3,5-6H,1,4,9H2,(H,10,11). The van der Waals surface area contributed by atoms with E-state index in [0.29, 0.717) is 6.54 Å². The van der Waals surface area contributed by atoms with Gasteiger partial charge in [0.15, 0.2) is 0 Å². The molecule has 68 valence electrons. The summed E-state index contributed by atoms with van der Waals surface area (Å²) in [6, 6.07) is 0. The minimum atomic E-state index is 0.482. The van der Waals surface area contributed by atoms with E-state index in [1.165, 1.54) is 0 Å². The highest BCUT2D eigenvalue weighted by atomic mass is 15.1. The SMILES string of the molecule is NCc1cn(Cc2cnc[nH]2)cn1. The Morgan fingerprint density at radius 2 is 2.46 bits per heavy atom. The van der Waals surface area contributed by atoms with E-state index in [9.17, 15) is 0 Å². The minimum Gasteiger partial charge on any atom is -0.347 e. The second kappa shape index (κ2) is 3.40. The fourth-order valence-electron chi connectivity index (χ4n) is 1.17. The van der Waals surface area contributed by atoms with Crippen LogP contribution in [0, 0.1) is 0 Å². The van der Waals surface area contributed by atoms with Gasteiger partial charge in [0.2, 0.25) is 0 Å². The Bertz CT molecular complexity index is 362. The summed E-state index contributed by atoms with van der Waals surface area (Å²) in [6.45, 7) is 1.24. The van der Waals surface area contributed by atoms with Crippen molar-refractivity contribution in [1.29, 1.82) is 0 Å². The molecule has 5 heteroatoms. The number of nitrogens with one attached hydrogen (secondary N) is 1. The molecule has 2 aromatic rings. The zero-order valence-corrected chi connectivity index (χ0v) is 7.14. The normalized spacial score (nSPS) is 10.5. The average Bonchev–Trinajstić information content (AvgIpc) is 2.76. The predicted octanol–water partition coefficient (Wildman–Crippen LogP) is 0.113. The van der Waals surface area contributed by atoms with Crippen molar-refractivity contribution in [3.8, 4) is 0 Å². The smallest absolute Gasteiger partial charge is 0.0953 e. The highest BCUT2D eigenvalue weighted by molar-refractivity contribution is 5.00. The van der Waals surface area contributed by atoms with Crippen LogP contribution in [0.3, 0.4) is 0 Å².